The highest BCUT2D eigenvalue weighted by Gasteiger charge is 2.17. The van der Waals surface area contributed by atoms with Crippen molar-refractivity contribution in [3.63, 3.8) is 0 Å². The lowest BCUT2D eigenvalue weighted by Gasteiger charge is -2.31. The maximum Gasteiger partial charge on any atom is 0.209 e. The molecular weight excluding hydrogens is 474 g/mol. The van der Waals surface area contributed by atoms with E-state index in [2.05, 4.69) is 43.7 Å². The molecule has 0 N–H and O–H groups in total. The largest absolute Gasteiger partial charge is 0.378 e. The van der Waals surface area contributed by atoms with Gasteiger partial charge >= 0.3 is 0 Å². The molecule has 3 aliphatic heterocycles. The van der Waals surface area contributed by atoms with Crippen LogP contribution in [-0.2, 0) is 9.53 Å². The maximum atomic E-state index is 10.5. The Labute approximate surface area is 209 Å². The van der Waals surface area contributed by atoms with Gasteiger partial charge in [0.1, 0.15) is 0 Å². The number of piperazine rings is 2. The van der Waals surface area contributed by atoms with Crippen molar-refractivity contribution in [1.82, 2.24) is 24.7 Å². The third-order valence-electron chi connectivity index (χ3n) is 5.79. The number of rotatable bonds is 4. The summed E-state index contributed by atoms with van der Waals surface area (Å²) in [5.74, 6) is 0. The summed E-state index contributed by atoms with van der Waals surface area (Å²) >= 11 is 3.20. The molecule has 3 saturated heterocycles. The van der Waals surface area contributed by atoms with Crippen molar-refractivity contribution in [2.75, 3.05) is 103 Å². The molecule has 0 spiro atoms. The van der Waals surface area contributed by atoms with Gasteiger partial charge in [-0.2, -0.15) is 0 Å². The number of thiazole rings is 2. The van der Waals surface area contributed by atoms with Crippen LogP contribution in [0.25, 0.3) is 0 Å². The molecule has 0 atom stereocenters. The van der Waals surface area contributed by atoms with Gasteiger partial charge in [-0.25, -0.2) is 9.97 Å². The molecule has 3 aliphatic rings. The quantitative estimate of drug-likeness (QED) is 0.562. The fourth-order valence-corrected chi connectivity index (χ4v) is 5.01. The van der Waals surface area contributed by atoms with E-state index in [-0.39, 0.29) is 0 Å². The van der Waals surface area contributed by atoms with E-state index in [1.807, 2.05) is 11.6 Å². The zero-order chi connectivity index (χ0) is 24.2. The number of nitrogens with zero attached hydrogens (tertiary/aromatic N) is 7. The van der Waals surface area contributed by atoms with Crippen LogP contribution in [0.2, 0.25) is 0 Å². The maximum absolute atomic E-state index is 10.5. The van der Waals surface area contributed by atoms with Gasteiger partial charge in [0.25, 0.3) is 0 Å². The Hall–Kier alpha value is -2.12. The van der Waals surface area contributed by atoms with Crippen LogP contribution in [0.1, 0.15) is 9.67 Å². The number of anilines is 2. The summed E-state index contributed by atoms with van der Waals surface area (Å²) in [7, 11) is 4.29. The first-order valence-corrected chi connectivity index (χ1v) is 13.2. The first-order valence-electron chi connectivity index (χ1n) is 11.5. The fourth-order valence-electron chi connectivity index (χ4n) is 3.53. The molecule has 34 heavy (non-hydrogen) atoms. The van der Waals surface area contributed by atoms with Crippen molar-refractivity contribution in [1.29, 1.82) is 0 Å². The van der Waals surface area contributed by atoms with Gasteiger partial charge < -0.3 is 29.2 Å². The molecule has 12 heteroatoms. The zero-order valence-corrected chi connectivity index (χ0v) is 21.7. The summed E-state index contributed by atoms with van der Waals surface area (Å²) in [6, 6.07) is 0. The van der Waals surface area contributed by atoms with Crippen LogP contribution in [0, 0.1) is 0 Å². The average molecular weight is 510 g/mol. The number of morpholine rings is 1. The van der Waals surface area contributed by atoms with Crippen LogP contribution < -0.4 is 9.80 Å². The van der Waals surface area contributed by atoms with Gasteiger partial charge in [0, 0.05) is 77.0 Å². The van der Waals surface area contributed by atoms with Gasteiger partial charge in [0.2, 0.25) is 6.41 Å². The third kappa shape index (κ3) is 8.58. The van der Waals surface area contributed by atoms with Crippen LogP contribution in [0.4, 0.5) is 10.3 Å². The molecule has 3 fully saturated rings. The Bertz CT molecular complexity index is 829. The number of aldehydes is 1. The van der Waals surface area contributed by atoms with Crippen molar-refractivity contribution >= 4 is 45.6 Å². The second-order valence-electron chi connectivity index (χ2n) is 8.31. The Morgan fingerprint density at radius 1 is 0.824 bits per heavy atom. The Kier molecular flexibility index (Phi) is 11.2. The molecule has 0 aromatic carbocycles. The summed E-state index contributed by atoms with van der Waals surface area (Å²) < 4.78 is 5.00. The first kappa shape index (κ1) is 26.5. The Morgan fingerprint density at radius 2 is 1.41 bits per heavy atom. The minimum atomic E-state index is 0.693. The van der Waals surface area contributed by atoms with Gasteiger partial charge in [-0.05, 0) is 14.1 Å². The van der Waals surface area contributed by atoms with E-state index in [1.165, 1.54) is 16.5 Å². The molecule has 2 aromatic heterocycles. The number of amides is 1. The molecule has 5 heterocycles. The second-order valence-corrected chi connectivity index (χ2v) is 10.2. The molecule has 0 bridgehead atoms. The smallest absolute Gasteiger partial charge is 0.209 e. The normalized spacial score (nSPS) is 19.5. The molecule has 0 unspecified atom stereocenters. The molecule has 0 saturated carbocycles. The van der Waals surface area contributed by atoms with E-state index in [1.54, 1.807) is 22.4 Å². The summed E-state index contributed by atoms with van der Waals surface area (Å²) in [5.41, 5.74) is 0. The number of hydrogen-bond acceptors (Lipinski definition) is 11. The Balaban J connectivity index is 0.000000148. The number of hydrogen-bond donors (Lipinski definition) is 0. The molecular formula is C22H35N7O3S2. The second kappa shape index (κ2) is 14.3. The summed E-state index contributed by atoms with van der Waals surface area (Å²) in [6.07, 6.45) is 5.24. The Morgan fingerprint density at radius 3 is 1.85 bits per heavy atom. The van der Waals surface area contributed by atoms with Crippen LogP contribution in [0.3, 0.4) is 0 Å². The van der Waals surface area contributed by atoms with E-state index in [9.17, 15) is 9.59 Å². The summed E-state index contributed by atoms with van der Waals surface area (Å²) in [6.45, 7) is 11.6. The zero-order valence-electron chi connectivity index (χ0n) is 20.0. The van der Waals surface area contributed by atoms with E-state index in [0.717, 1.165) is 83.3 Å². The molecule has 5 rings (SSSR count). The summed E-state index contributed by atoms with van der Waals surface area (Å²) in [4.78, 5) is 40.7. The van der Waals surface area contributed by atoms with Gasteiger partial charge in [-0.3, -0.25) is 9.59 Å². The van der Waals surface area contributed by atoms with Crippen molar-refractivity contribution in [3.05, 3.63) is 22.7 Å². The highest BCUT2D eigenvalue weighted by molar-refractivity contribution is 7.17. The lowest BCUT2D eigenvalue weighted by atomic mass is 10.3. The van der Waals surface area contributed by atoms with Gasteiger partial charge in [0.15, 0.2) is 16.5 Å². The first-order chi connectivity index (χ1) is 16.6. The van der Waals surface area contributed by atoms with E-state index in [0.29, 0.717) is 18.1 Å². The fraction of sp³-hybridized carbons (Fsp3) is 0.636. The number of carbonyl (C=O) groups excluding carboxylic acids is 2. The summed E-state index contributed by atoms with van der Waals surface area (Å²) in [5, 5.41) is 4.18. The topological polar surface area (TPSA) is 85.3 Å². The number of carbonyl (C=O) groups is 2. The predicted molar refractivity (Wildman–Crippen MR) is 137 cm³/mol. The molecule has 10 nitrogen and oxygen atoms in total. The minimum Gasteiger partial charge on any atom is -0.378 e. The van der Waals surface area contributed by atoms with Gasteiger partial charge in [-0.1, -0.05) is 11.3 Å². The third-order valence-corrected chi connectivity index (χ3v) is 7.60. The van der Waals surface area contributed by atoms with Gasteiger partial charge in [-0.15, -0.1) is 11.3 Å². The van der Waals surface area contributed by atoms with Crippen LogP contribution >= 0.6 is 22.7 Å². The molecule has 2 aromatic rings. The standard InChI is InChI=1S/C9H13N3OS.C8H13N3S.C5H9NO2/c1-11-2-4-12(5-3-11)9-10-6-8(7-13)14-9;1-10-3-5-11(6-4-10)8-9-2-7-12-8;7-5-6-1-3-8-4-2-6/h6-7H,2-5H2,1H3;2,7H,3-6H2,1H3;5H,1-4H2. The molecule has 0 aliphatic carbocycles. The van der Waals surface area contributed by atoms with Crippen LogP contribution in [0.15, 0.2) is 17.8 Å². The lowest BCUT2D eigenvalue weighted by molar-refractivity contribution is -0.121. The number of aromatic nitrogens is 2. The van der Waals surface area contributed by atoms with Crippen LogP contribution in [0.5, 0.6) is 0 Å². The van der Waals surface area contributed by atoms with E-state index in [4.69, 9.17) is 4.74 Å². The van der Waals surface area contributed by atoms with Crippen LogP contribution in [-0.4, -0.2) is 130 Å². The minimum absolute atomic E-state index is 0.693. The predicted octanol–water partition coefficient (Wildman–Crippen LogP) is 1.08. The molecule has 188 valence electrons. The van der Waals surface area contributed by atoms with E-state index >= 15 is 0 Å². The lowest BCUT2D eigenvalue weighted by Crippen LogP contribution is -2.44. The van der Waals surface area contributed by atoms with Crippen molar-refractivity contribution in [3.8, 4) is 0 Å². The SMILES string of the molecule is CN1CCN(c2ncc(C=O)s2)CC1.CN1CCN(c2nccs2)CC1.O=CN1CCOCC1. The van der Waals surface area contributed by atoms with E-state index < -0.39 is 0 Å². The van der Waals surface area contributed by atoms with Crippen molar-refractivity contribution < 1.29 is 14.3 Å². The highest BCUT2D eigenvalue weighted by atomic mass is 32.1. The highest BCUT2D eigenvalue weighted by Crippen LogP contribution is 2.22. The molecule has 0 radical (unpaired) electrons. The number of likely N-dealkylation sites (N-methyl/N-ethyl adjacent to an activating group) is 2. The number of ether oxygens (including phenoxy) is 1. The molecule has 1 amide bonds. The average Bonchev–Trinajstić information content (AvgIpc) is 3.59. The van der Waals surface area contributed by atoms with Gasteiger partial charge in [0.05, 0.1) is 24.3 Å². The van der Waals surface area contributed by atoms with Crippen molar-refractivity contribution in [2.24, 2.45) is 0 Å². The monoisotopic (exact) mass is 509 g/mol. The van der Waals surface area contributed by atoms with Crippen molar-refractivity contribution in [2.45, 2.75) is 0 Å².